The number of nitrogens with zero attached hydrogens (tertiary/aromatic N) is 1. The first-order valence-electron chi connectivity index (χ1n) is 4.08. The zero-order chi connectivity index (χ0) is 12.3. The van der Waals surface area contributed by atoms with Crippen LogP contribution in [-0.4, -0.2) is 0 Å². The molecule has 0 radical (unpaired) electrons. The third kappa shape index (κ3) is 2.76. The van der Waals surface area contributed by atoms with Crippen molar-refractivity contribution in [3.05, 3.63) is 39.9 Å². The molecule has 0 bridgehead atoms. The van der Waals surface area contributed by atoms with Gasteiger partial charge in [-0.2, -0.15) is 18.4 Å². The van der Waals surface area contributed by atoms with Crippen molar-refractivity contribution >= 4 is 21.6 Å². The molecule has 0 atom stereocenters. The Morgan fingerprint density at radius 1 is 1.44 bits per heavy atom. The molecule has 2 nitrogen and oxygen atoms in total. The first-order valence-corrected chi connectivity index (χ1v) is 4.88. The molecule has 6 heteroatoms. The van der Waals surface area contributed by atoms with Crippen LogP contribution in [0.15, 0.2) is 28.7 Å². The molecule has 0 heterocycles. The summed E-state index contributed by atoms with van der Waals surface area (Å²) in [6, 6.07) is 4.74. The number of alkyl halides is 3. The van der Waals surface area contributed by atoms with Crippen molar-refractivity contribution in [2.75, 3.05) is 0 Å². The van der Waals surface area contributed by atoms with Gasteiger partial charge in [0.15, 0.2) is 0 Å². The van der Waals surface area contributed by atoms with Gasteiger partial charge in [-0.15, -0.1) is 0 Å². The van der Waals surface area contributed by atoms with Crippen LogP contribution in [0.3, 0.4) is 0 Å². The SMILES string of the molecule is N#C/C=C(/N)c1cc(C(F)(F)F)ccc1Br. The molecule has 0 saturated heterocycles. The molecule has 0 spiro atoms. The molecule has 0 saturated carbocycles. The fourth-order valence-corrected chi connectivity index (χ4v) is 1.55. The van der Waals surface area contributed by atoms with Gasteiger partial charge in [0.2, 0.25) is 0 Å². The summed E-state index contributed by atoms with van der Waals surface area (Å²) in [5.74, 6) is 0. The molecule has 0 fully saturated rings. The number of benzene rings is 1. The minimum absolute atomic E-state index is 0.0134. The highest BCUT2D eigenvalue weighted by Crippen LogP contribution is 2.33. The van der Waals surface area contributed by atoms with Gasteiger partial charge in [-0.25, -0.2) is 0 Å². The summed E-state index contributed by atoms with van der Waals surface area (Å²) >= 11 is 3.07. The van der Waals surface area contributed by atoms with Crippen molar-refractivity contribution in [2.45, 2.75) is 6.18 Å². The van der Waals surface area contributed by atoms with E-state index in [2.05, 4.69) is 15.9 Å². The van der Waals surface area contributed by atoms with Crippen LogP contribution < -0.4 is 5.73 Å². The highest BCUT2D eigenvalue weighted by Gasteiger charge is 2.31. The molecule has 84 valence electrons. The lowest BCUT2D eigenvalue weighted by atomic mass is 10.1. The van der Waals surface area contributed by atoms with E-state index in [4.69, 9.17) is 11.0 Å². The summed E-state index contributed by atoms with van der Waals surface area (Å²) in [5, 5.41) is 8.37. The Bertz CT molecular complexity index is 472. The van der Waals surface area contributed by atoms with Crippen LogP contribution in [-0.2, 0) is 6.18 Å². The lowest BCUT2D eigenvalue weighted by Crippen LogP contribution is -2.07. The van der Waals surface area contributed by atoms with E-state index in [0.29, 0.717) is 4.47 Å². The van der Waals surface area contributed by atoms with Crippen molar-refractivity contribution in [3.63, 3.8) is 0 Å². The summed E-state index contributed by atoms with van der Waals surface area (Å²) in [6.07, 6.45) is -3.44. The molecular formula is C10H6BrF3N2. The maximum absolute atomic E-state index is 12.4. The Morgan fingerprint density at radius 3 is 2.56 bits per heavy atom. The lowest BCUT2D eigenvalue weighted by molar-refractivity contribution is -0.137. The number of rotatable bonds is 1. The number of allylic oxidation sites excluding steroid dienone is 1. The zero-order valence-corrected chi connectivity index (χ0v) is 9.43. The highest BCUT2D eigenvalue weighted by atomic mass is 79.9. The first-order chi connectivity index (χ1) is 7.36. The molecule has 0 amide bonds. The highest BCUT2D eigenvalue weighted by molar-refractivity contribution is 9.10. The van der Waals surface area contributed by atoms with Crippen LogP contribution >= 0.6 is 15.9 Å². The summed E-state index contributed by atoms with van der Waals surface area (Å²) in [7, 11) is 0. The zero-order valence-electron chi connectivity index (χ0n) is 7.85. The fourth-order valence-electron chi connectivity index (χ4n) is 1.07. The van der Waals surface area contributed by atoms with Gasteiger partial charge < -0.3 is 5.73 Å². The van der Waals surface area contributed by atoms with Gasteiger partial charge >= 0.3 is 6.18 Å². The molecule has 0 aliphatic carbocycles. The first kappa shape index (κ1) is 12.6. The molecule has 0 unspecified atom stereocenters. The van der Waals surface area contributed by atoms with Crippen LogP contribution in [0.4, 0.5) is 13.2 Å². The Hall–Kier alpha value is -1.48. The van der Waals surface area contributed by atoms with Crippen molar-refractivity contribution in [1.29, 1.82) is 5.26 Å². The summed E-state index contributed by atoms with van der Waals surface area (Å²) in [5.41, 5.74) is 4.79. The molecule has 0 aromatic heterocycles. The molecule has 1 aromatic rings. The van der Waals surface area contributed by atoms with E-state index in [9.17, 15) is 13.2 Å². The van der Waals surface area contributed by atoms with E-state index in [1.807, 2.05) is 0 Å². The molecule has 0 aliphatic rings. The Kier molecular flexibility index (Phi) is 3.60. The number of nitrogens with two attached hydrogens (primary N) is 1. The number of hydrogen-bond acceptors (Lipinski definition) is 2. The maximum atomic E-state index is 12.4. The topological polar surface area (TPSA) is 49.8 Å². The Morgan fingerprint density at radius 2 is 2.06 bits per heavy atom. The monoisotopic (exact) mass is 290 g/mol. The lowest BCUT2D eigenvalue weighted by Gasteiger charge is -2.10. The number of halogens is 4. The normalized spacial score (nSPS) is 12.3. The second kappa shape index (κ2) is 4.58. The van der Waals surface area contributed by atoms with Crippen molar-refractivity contribution < 1.29 is 13.2 Å². The van der Waals surface area contributed by atoms with Gasteiger partial charge in [-0.05, 0) is 18.2 Å². The smallest absolute Gasteiger partial charge is 0.398 e. The molecular weight excluding hydrogens is 285 g/mol. The van der Waals surface area contributed by atoms with Crippen molar-refractivity contribution in [1.82, 2.24) is 0 Å². The predicted molar refractivity (Wildman–Crippen MR) is 56.9 cm³/mol. The van der Waals surface area contributed by atoms with Gasteiger partial charge in [-0.3, -0.25) is 0 Å². The van der Waals surface area contributed by atoms with Crippen molar-refractivity contribution in [2.24, 2.45) is 5.73 Å². The molecule has 16 heavy (non-hydrogen) atoms. The number of nitriles is 1. The summed E-state index contributed by atoms with van der Waals surface area (Å²) < 4.78 is 37.6. The summed E-state index contributed by atoms with van der Waals surface area (Å²) in [4.78, 5) is 0. The van der Waals surface area contributed by atoms with Crippen LogP contribution in [0.5, 0.6) is 0 Å². The standard InChI is InChI=1S/C10H6BrF3N2/c11-8-2-1-6(10(12,13)14)5-7(8)9(16)3-4-15/h1-3,5H,16H2/b9-3+. The van der Waals surface area contributed by atoms with E-state index < -0.39 is 11.7 Å². The van der Waals surface area contributed by atoms with Gasteiger partial charge in [0.05, 0.1) is 17.3 Å². The van der Waals surface area contributed by atoms with Crippen LogP contribution in [0.2, 0.25) is 0 Å². The minimum Gasteiger partial charge on any atom is -0.398 e. The van der Waals surface area contributed by atoms with Gasteiger partial charge in [0, 0.05) is 16.1 Å². The quantitative estimate of drug-likeness (QED) is 0.807. The van der Waals surface area contributed by atoms with E-state index in [-0.39, 0.29) is 11.3 Å². The van der Waals surface area contributed by atoms with E-state index in [1.165, 1.54) is 6.07 Å². The van der Waals surface area contributed by atoms with Crippen LogP contribution in [0.1, 0.15) is 11.1 Å². The summed E-state index contributed by atoms with van der Waals surface area (Å²) in [6.45, 7) is 0. The fraction of sp³-hybridized carbons (Fsp3) is 0.100. The maximum Gasteiger partial charge on any atom is 0.416 e. The average Bonchev–Trinajstić information content (AvgIpc) is 2.16. The van der Waals surface area contributed by atoms with Gasteiger partial charge in [0.1, 0.15) is 0 Å². The molecule has 1 aromatic carbocycles. The average molecular weight is 291 g/mol. The number of hydrogen-bond donors (Lipinski definition) is 1. The van der Waals surface area contributed by atoms with E-state index in [1.54, 1.807) is 6.07 Å². The van der Waals surface area contributed by atoms with E-state index >= 15 is 0 Å². The van der Waals surface area contributed by atoms with Gasteiger partial charge in [0.25, 0.3) is 0 Å². The second-order valence-electron chi connectivity index (χ2n) is 2.92. The third-order valence-electron chi connectivity index (χ3n) is 1.82. The van der Waals surface area contributed by atoms with E-state index in [0.717, 1.165) is 18.2 Å². The molecule has 1 rings (SSSR count). The third-order valence-corrected chi connectivity index (χ3v) is 2.52. The molecule has 2 N–H and O–H groups in total. The predicted octanol–water partition coefficient (Wildman–Crippen LogP) is 3.29. The Balaban J connectivity index is 3.31. The molecule has 0 aliphatic heterocycles. The van der Waals surface area contributed by atoms with Crippen LogP contribution in [0, 0.1) is 11.3 Å². The second-order valence-corrected chi connectivity index (χ2v) is 3.78. The Labute approximate surface area is 98.3 Å². The largest absolute Gasteiger partial charge is 0.416 e. The van der Waals surface area contributed by atoms with Gasteiger partial charge in [-0.1, -0.05) is 15.9 Å². The minimum atomic E-state index is -4.43. The van der Waals surface area contributed by atoms with Crippen LogP contribution in [0.25, 0.3) is 5.70 Å². The van der Waals surface area contributed by atoms with Crippen molar-refractivity contribution in [3.8, 4) is 6.07 Å².